The molecule has 0 radical (unpaired) electrons. The Hall–Kier alpha value is -1.10. The van der Waals surface area contributed by atoms with Crippen molar-refractivity contribution >= 4 is 11.9 Å². The third-order valence-corrected chi connectivity index (χ3v) is 1.31. The molecule has 0 fully saturated rings. The summed E-state index contributed by atoms with van der Waals surface area (Å²) in [6, 6.07) is 0. The van der Waals surface area contributed by atoms with E-state index in [1.165, 1.54) is 6.92 Å². The lowest BCUT2D eigenvalue weighted by Gasteiger charge is -2.20. The zero-order chi connectivity index (χ0) is 11.4. The first kappa shape index (κ1) is 12.9. The number of carbonyl (C=O) groups excluding carboxylic acids is 2. The summed E-state index contributed by atoms with van der Waals surface area (Å²) in [6.07, 6.45) is -1.81. The van der Waals surface area contributed by atoms with Gasteiger partial charge in [-0.15, -0.1) is 0 Å². The van der Waals surface area contributed by atoms with E-state index in [2.05, 4.69) is 5.32 Å². The Balaban J connectivity index is 3.81. The van der Waals surface area contributed by atoms with E-state index >= 15 is 0 Å². The van der Waals surface area contributed by atoms with Gasteiger partial charge in [-0.1, -0.05) is 0 Å². The van der Waals surface area contributed by atoms with Crippen LogP contribution in [0.15, 0.2) is 0 Å². The lowest BCUT2D eigenvalue weighted by Crippen LogP contribution is -2.39. The van der Waals surface area contributed by atoms with Crippen molar-refractivity contribution in [3.63, 3.8) is 0 Å². The Morgan fingerprint density at radius 1 is 1.43 bits per heavy atom. The van der Waals surface area contributed by atoms with E-state index in [9.17, 15) is 9.59 Å². The lowest BCUT2D eigenvalue weighted by molar-refractivity contribution is -0.124. The second-order valence-corrected chi connectivity index (χ2v) is 4.01. The number of carbonyl (C=O) groups is 2. The molecule has 1 unspecified atom stereocenters. The van der Waals surface area contributed by atoms with Gasteiger partial charge in [0.2, 0.25) is 0 Å². The van der Waals surface area contributed by atoms with Gasteiger partial charge in [-0.2, -0.15) is 0 Å². The maximum atomic E-state index is 11.0. The molecule has 0 aromatic heterocycles. The maximum absolute atomic E-state index is 11.0. The SMILES string of the molecule is CC(=O)C(O)CNC(=O)OC(C)(C)C. The molecule has 0 saturated heterocycles. The monoisotopic (exact) mass is 203 g/mol. The molecule has 0 aromatic carbocycles. The number of aliphatic hydroxyl groups is 1. The smallest absolute Gasteiger partial charge is 0.407 e. The average molecular weight is 203 g/mol. The fourth-order valence-corrected chi connectivity index (χ4v) is 0.638. The summed E-state index contributed by atoms with van der Waals surface area (Å²) in [5.41, 5.74) is -0.578. The molecule has 1 atom stereocenters. The molecule has 82 valence electrons. The molecule has 0 heterocycles. The molecule has 0 bridgehead atoms. The van der Waals surface area contributed by atoms with E-state index in [0.717, 1.165) is 0 Å². The third kappa shape index (κ3) is 6.42. The fourth-order valence-electron chi connectivity index (χ4n) is 0.638. The average Bonchev–Trinajstić information content (AvgIpc) is 1.96. The molecular formula is C9H17NO4. The topological polar surface area (TPSA) is 75.6 Å². The van der Waals surface area contributed by atoms with Crippen molar-refractivity contribution in [2.75, 3.05) is 6.54 Å². The van der Waals surface area contributed by atoms with Crippen LogP contribution in [0, 0.1) is 0 Å². The lowest BCUT2D eigenvalue weighted by atomic mass is 10.2. The second-order valence-electron chi connectivity index (χ2n) is 4.01. The molecule has 0 saturated carbocycles. The largest absolute Gasteiger partial charge is 0.444 e. The Bertz CT molecular complexity index is 219. The van der Waals surface area contributed by atoms with Gasteiger partial charge in [0.25, 0.3) is 0 Å². The van der Waals surface area contributed by atoms with Gasteiger partial charge >= 0.3 is 6.09 Å². The standard InChI is InChI=1S/C9H17NO4/c1-6(11)7(12)5-10-8(13)14-9(2,3)4/h7,12H,5H2,1-4H3,(H,10,13). The molecule has 5 nitrogen and oxygen atoms in total. The number of ether oxygens (including phenoxy) is 1. The highest BCUT2D eigenvalue weighted by molar-refractivity contribution is 5.81. The molecular weight excluding hydrogens is 186 g/mol. The first-order chi connectivity index (χ1) is 6.22. The minimum atomic E-state index is -1.16. The molecule has 5 heteroatoms. The van der Waals surface area contributed by atoms with Crippen molar-refractivity contribution in [2.45, 2.75) is 39.4 Å². The van der Waals surface area contributed by atoms with Crippen molar-refractivity contribution in [1.82, 2.24) is 5.32 Å². The van der Waals surface area contributed by atoms with E-state index in [1.807, 2.05) is 0 Å². The predicted octanol–water partition coefficient (Wildman–Crippen LogP) is 0.461. The highest BCUT2D eigenvalue weighted by Gasteiger charge is 2.17. The normalized spacial score (nSPS) is 13.2. The van der Waals surface area contributed by atoms with Crippen LogP contribution in [0.3, 0.4) is 0 Å². The number of alkyl carbamates (subject to hydrolysis) is 1. The predicted molar refractivity (Wildman–Crippen MR) is 50.9 cm³/mol. The van der Waals surface area contributed by atoms with Crippen LogP contribution in [-0.2, 0) is 9.53 Å². The highest BCUT2D eigenvalue weighted by atomic mass is 16.6. The summed E-state index contributed by atoms with van der Waals surface area (Å²) >= 11 is 0. The molecule has 0 aliphatic rings. The Kier molecular flexibility index (Phi) is 4.56. The van der Waals surface area contributed by atoms with E-state index in [0.29, 0.717) is 0 Å². The molecule has 0 spiro atoms. The summed E-state index contributed by atoms with van der Waals surface area (Å²) in [6.45, 7) is 6.32. The first-order valence-electron chi connectivity index (χ1n) is 4.38. The van der Waals surface area contributed by atoms with Crippen molar-refractivity contribution in [3.05, 3.63) is 0 Å². The molecule has 2 N–H and O–H groups in total. The Morgan fingerprint density at radius 3 is 2.29 bits per heavy atom. The molecule has 0 aliphatic heterocycles. The number of rotatable bonds is 3. The molecule has 0 aromatic rings. The number of hydrogen-bond acceptors (Lipinski definition) is 4. The van der Waals surface area contributed by atoms with E-state index in [4.69, 9.17) is 9.84 Å². The fraction of sp³-hybridized carbons (Fsp3) is 0.778. The number of Topliss-reactive ketones (excluding diaryl/α,β-unsaturated/α-hetero) is 1. The van der Waals surface area contributed by atoms with Gasteiger partial charge in [0.1, 0.15) is 11.7 Å². The number of amides is 1. The van der Waals surface area contributed by atoms with Crippen LogP contribution in [0.25, 0.3) is 0 Å². The molecule has 0 rings (SSSR count). The summed E-state index contributed by atoms with van der Waals surface area (Å²) in [7, 11) is 0. The second kappa shape index (κ2) is 4.95. The molecule has 1 amide bonds. The summed E-state index contributed by atoms with van der Waals surface area (Å²) in [4.78, 5) is 21.6. The number of aliphatic hydroxyl groups excluding tert-OH is 1. The number of ketones is 1. The Labute approximate surface area is 83.4 Å². The van der Waals surface area contributed by atoms with Crippen molar-refractivity contribution < 1.29 is 19.4 Å². The van der Waals surface area contributed by atoms with Crippen LogP contribution in [0.2, 0.25) is 0 Å². The minimum absolute atomic E-state index is 0.121. The summed E-state index contributed by atoms with van der Waals surface area (Å²) < 4.78 is 4.90. The van der Waals surface area contributed by atoms with Crippen molar-refractivity contribution in [1.29, 1.82) is 0 Å². The van der Waals surface area contributed by atoms with Crippen LogP contribution >= 0.6 is 0 Å². The van der Waals surface area contributed by atoms with E-state index in [-0.39, 0.29) is 12.3 Å². The van der Waals surface area contributed by atoms with Gasteiger partial charge < -0.3 is 15.2 Å². The zero-order valence-corrected chi connectivity index (χ0v) is 8.96. The maximum Gasteiger partial charge on any atom is 0.407 e. The van der Waals surface area contributed by atoms with Crippen LogP contribution in [0.1, 0.15) is 27.7 Å². The van der Waals surface area contributed by atoms with Gasteiger partial charge in [-0.3, -0.25) is 4.79 Å². The van der Waals surface area contributed by atoms with Crippen molar-refractivity contribution in [2.24, 2.45) is 0 Å². The minimum Gasteiger partial charge on any atom is -0.444 e. The first-order valence-corrected chi connectivity index (χ1v) is 4.38. The van der Waals surface area contributed by atoms with Crippen LogP contribution in [0.5, 0.6) is 0 Å². The zero-order valence-electron chi connectivity index (χ0n) is 8.96. The number of nitrogens with one attached hydrogen (secondary N) is 1. The van der Waals surface area contributed by atoms with Gasteiger partial charge in [-0.05, 0) is 27.7 Å². The summed E-state index contributed by atoms with van der Waals surface area (Å²) in [5, 5.41) is 11.3. The van der Waals surface area contributed by atoms with Gasteiger partial charge in [-0.25, -0.2) is 4.79 Å². The third-order valence-electron chi connectivity index (χ3n) is 1.31. The van der Waals surface area contributed by atoms with Crippen LogP contribution < -0.4 is 5.32 Å². The van der Waals surface area contributed by atoms with Crippen molar-refractivity contribution in [3.8, 4) is 0 Å². The van der Waals surface area contributed by atoms with Gasteiger partial charge in [0, 0.05) is 0 Å². The quantitative estimate of drug-likeness (QED) is 0.698. The highest BCUT2D eigenvalue weighted by Crippen LogP contribution is 2.06. The van der Waals surface area contributed by atoms with E-state index in [1.54, 1.807) is 20.8 Å². The summed E-state index contributed by atoms with van der Waals surface area (Å²) in [5.74, 6) is -0.388. The van der Waals surface area contributed by atoms with Gasteiger partial charge in [0.05, 0.1) is 6.54 Å². The van der Waals surface area contributed by atoms with Crippen LogP contribution in [0.4, 0.5) is 4.79 Å². The van der Waals surface area contributed by atoms with E-state index < -0.39 is 17.8 Å². The molecule has 0 aliphatic carbocycles. The molecule has 14 heavy (non-hydrogen) atoms. The van der Waals surface area contributed by atoms with Crippen LogP contribution in [-0.4, -0.2) is 35.2 Å². The van der Waals surface area contributed by atoms with Gasteiger partial charge in [0.15, 0.2) is 5.78 Å². The Morgan fingerprint density at radius 2 is 1.93 bits per heavy atom. The number of hydrogen-bond donors (Lipinski definition) is 2.